The third-order valence-electron chi connectivity index (χ3n) is 3.51. The van der Waals surface area contributed by atoms with Crippen LogP contribution in [0.5, 0.6) is 5.75 Å². The first-order chi connectivity index (χ1) is 10.7. The molecule has 1 heterocycles. The molecule has 2 N–H and O–H groups in total. The molecule has 0 aliphatic carbocycles. The molecule has 0 radical (unpaired) electrons. The van der Waals surface area contributed by atoms with Crippen LogP contribution >= 0.6 is 0 Å². The summed E-state index contributed by atoms with van der Waals surface area (Å²) in [5.74, 6) is 0.407. The highest BCUT2D eigenvalue weighted by Crippen LogP contribution is 2.35. The van der Waals surface area contributed by atoms with Gasteiger partial charge in [0.25, 0.3) is 11.5 Å². The van der Waals surface area contributed by atoms with Gasteiger partial charge < -0.3 is 10.1 Å². The van der Waals surface area contributed by atoms with Crippen LogP contribution < -0.4 is 15.6 Å². The first-order valence-corrected chi connectivity index (χ1v) is 7.28. The number of nitrogens with one attached hydrogen (secondary N) is 2. The second-order valence-corrected chi connectivity index (χ2v) is 6.38. The zero-order chi connectivity index (χ0) is 17.2. The fourth-order valence-corrected chi connectivity index (χ4v) is 2.23. The summed E-state index contributed by atoms with van der Waals surface area (Å²) < 4.78 is 5.45. The maximum absolute atomic E-state index is 12.3. The van der Waals surface area contributed by atoms with Gasteiger partial charge in [-0.2, -0.15) is 5.10 Å². The van der Waals surface area contributed by atoms with Gasteiger partial charge >= 0.3 is 0 Å². The number of nitrogens with zero attached hydrogens (tertiary/aromatic N) is 1. The number of carbonyl (C=O) groups excluding carboxylic acids is 1. The molecule has 2 aromatic rings. The zero-order valence-corrected chi connectivity index (χ0v) is 14.0. The highest BCUT2D eigenvalue weighted by atomic mass is 16.5. The first-order valence-electron chi connectivity index (χ1n) is 7.28. The third kappa shape index (κ3) is 3.77. The van der Waals surface area contributed by atoms with Crippen molar-refractivity contribution >= 4 is 11.6 Å². The van der Waals surface area contributed by atoms with E-state index in [-0.39, 0.29) is 22.6 Å². The molecule has 0 aliphatic heterocycles. The molecule has 1 aromatic heterocycles. The van der Waals surface area contributed by atoms with Crippen LogP contribution in [0.25, 0.3) is 0 Å². The molecule has 6 heteroatoms. The molecule has 1 amide bonds. The molecule has 0 atom stereocenters. The molecule has 0 unspecified atom stereocenters. The number of anilines is 1. The lowest BCUT2D eigenvalue weighted by molar-refractivity contribution is 0.102. The maximum atomic E-state index is 12.3. The van der Waals surface area contributed by atoms with Crippen molar-refractivity contribution in [3.05, 3.63) is 51.4 Å². The number of aromatic nitrogens is 2. The normalized spacial score (nSPS) is 11.2. The summed E-state index contributed by atoms with van der Waals surface area (Å²) in [5.41, 5.74) is 2.24. The van der Waals surface area contributed by atoms with Crippen molar-refractivity contribution in [2.75, 3.05) is 12.4 Å². The fraction of sp³-hybridized carbons (Fsp3) is 0.353. The Hall–Kier alpha value is -2.63. The lowest BCUT2D eigenvalue weighted by atomic mass is 9.85. The van der Waals surface area contributed by atoms with Gasteiger partial charge in [0.15, 0.2) is 0 Å². The van der Waals surface area contributed by atoms with Gasteiger partial charge in [0.1, 0.15) is 11.4 Å². The summed E-state index contributed by atoms with van der Waals surface area (Å²) in [7, 11) is 1.63. The van der Waals surface area contributed by atoms with Crippen molar-refractivity contribution in [1.82, 2.24) is 10.2 Å². The molecule has 0 spiro atoms. The molecule has 1 aromatic carbocycles. The number of amides is 1. The molecule has 0 saturated carbocycles. The van der Waals surface area contributed by atoms with E-state index in [1.165, 1.54) is 12.1 Å². The summed E-state index contributed by atoms with van der Waals surface area (Å²) in [4.78, 5) is 23.3. The van der Waals surface area contributed by atoms with E-state index in [9.17, 15) is 9.59 Å². The number of hydrogen-bond donors (Lipinski definition) is 2. The molecule has 23 heavy (non-hydrogen) atoms. The van der Waals surface area contributed by atoms with Gasteiger partial charge in [0, 0.05) is 17.3 Å². The van der Waals surface area contributed by atoms with E-state index in [4.69, 9.17) is 4.74 Å². The Kier molecular flexibility index (Phi) is 4.54. The average molecular weight is 315 g/mol. The Morgan fingerprint density at radius 3 is 2.48 bits per heavy atom. The molecule has 122 valence electrons. The van der Waals surface area contributed by atoms with E-state index < -0.39 is 0 Å². The minimum Gasteiger partial charge on any atom is -0.496 e. The fourth-order valence-electron chi connectivity index (χ4n) is 2.23. The maximum Gasteiger partial charge on any atom is 0.276 e. The topological polar surface area (TPSA) is 84.1 Å². The number of aryl methyl sites for hydroxylation is 1. The van der Waals surface area contributed by atoms with Crippen molar-refractivity contribution in [2.24, 2.45) is 0 Å². The minimum absolute atomic E-state index is 0.130. The highest BCUT2D eigenvalue weighted by Gasteiger charge is 2.21. The van der Waals surface area contributed by atoms with Crippen LogP contribution in [0, 0.1) is 6.92 Å². The van der Waals surface area contributed by atoms with Crippen LogP contribution in [0.2, 0.25) is 0 Å². The van der Waals surface area contributed by atoms with Crippen molar-refractivity contribution in [2.45, 2.75) is 33.1 Å². The summed E-state index contributed by atoms with van der Waals surface area (Å²) >= 11 is 0. The van der Waals surface area contributed by atoms with E-state index in [1.807, 2.05) is 19.1 Å². The van der Waals surface area contributed by atoms with Gasteiger partial charge in [-0.15, -0.1) is 0 Å². The van der Waals surface area contributed by atoms with Gasteiger partial charge in [-0.1, -0.05) is 20.8 Å². The standard InChI is InChI=1S/C17H21N3O3/c1-10-8-14(23-5)11(17(2,3)4)9-13(10)18-16(22)12-6-7-15(21)20-19-12/h6-9H,1-5H3,(H,18,22)(H,20,21). The Morgan fingerprint density at radius 1 is 1.26 bits per heavy atom. The van der Waals surface area contributed by atoms with E-state index in [2.05, 4.69) is 36.3 Å². The minimum atomic E-state index is -0.380. The Labute approximate surface area is 134 Å². The Balaban J connectivity index is 2.38. The monoisotopic (exact) mass is 315 g/mol. The smallest absolute Gasteiger partial charge is 0.276 e. The van der Waals surface area contributed by atoms with E-state index in [1.54, 1.807) is 7.11 Å². The van der Waals surface area contributed by atoms with Gasteiger partial charge in [0.05, 0.1) is 7.11 Å². The Morgan fingerprint density at radius 2 is 1.96 bits per heavy atom. The quantitative estimate of drug-likeness (QED) is 0.912. The van der Waals surface area contributed by atoms with Crippen LogP contribution in [0.3, 0.4) is 0 Å². The van der Waals surface area contributed by atoms with Gasteiger partial charge in [-0.3, -0.25) is 9.59 Å². The number of aromatic amines is 1. The largest absolute Gasteiger partial charge is 0.496 e. The SMILES string of the molecule is COc1cc(C)c(NC(=O)c2ccc(=O)[nH]n2)cc1C(C)(C)C. The lowest BCUT2D eigenvalue weighted by Crippen LogP contribution is -2.19. The van der Waals surface area contributed by atoms with Crippen LogP contribution in [-0.2, 0) is 5.41 Å². The molecule has 6 nitrogen and oxygen atoms in total. The van der Waals surface area contributed by atoms with Crippen molar-refractivity contribution < 1.29 is 9.53 Å². The number of carbonyl (C=O) groups is 1. The first kappa shape index (κ1) is 16.7. The van der Waals surface area contributed by atoms with Crippen molar-refractivity contribution in [3.8, 4) is 5.75 Å². The highest BCUT2D eigenvalue weighted by molar-refractivity contribution is 6.03. The molecule has 2 rings (SSSR count). The lowest BCUT2D eigenvalue weighted by Gasteiger charge is -2.24. The predicted octanol–water partition coefficient (Wildman–Crippen LogP) is 2.64. The van der Waals surface area contributed by atoms with Crippen molar-refractivity contribution in [3.63, 3.8) is 0 Å². The molecule has 0 saturated heterocycles. The third-order valence-corrected chi connectivity index (χ3v) is 3.51. The second-order valence-electron chi connectivity index (χ2n) is 6.38. The van der Waals surface area contributed by atoms with E-state index >= 15 is 0 Å². The average Bonchev–Trinajstić information content (AvgIpc) is 2.48. The van der Waals surface area contributed by atoms with E-state index in [0.717, 1.165) is 16.9 Å². The van der Waals surface area contributed by atoms with Crippen LogP contribution in [0.4, 0.5) is 5.69 Å². The molecule has 0 aliphatic rings. The molecule has 0 fully saturated rings. The Bertz CT molecular complexity index is 768. The zero-order valence-electron chi connectivity index (χ0n) is 14.0. The van der Waals surface area contributed by atoms with Crippen LogP contribution in [-0.4, -0.2) is 23.2 Å². The van der Waals surface area contributed by atoms with Gasteiger partial charge in [-0.05, 0) is 36.1 Å². The summed E-state index contributed by atoms with van der Waals surface area (Å²) in [6.07, 6.45) is 0. The summed E-state index contributed by atoms with van der Waals surface area (Å²) in [6, 6.07) is 6.47. The summed E-state index contributed by atoms with van der Waals surface area (Å²) in [6.45, 7) is 8.13. The molecular weight excluding hydrogens is 294 g/mol. The van der Waals surface area contributed by atoms with Gasteiger partial charge in [-0.25, -0.2) is 5.10 Å². The molecular formula is C17H21N3O3. The number of ether oxygens (including phenoxy) is 1. The number of methoxy groups -OCH3 is 1. The van der Waals surface area contributed by atoms with E-state index in [0.29, 0.717) is 5.69 Å². The number of rotatable bonds is 3. The second kappa shape index (κ2) is 6.24. The van der Waals surface area contributed by atoms with Crippen LogP contribution in [0.15, 0.2) is 29.1 Å². The van der Waals surface area contributed by atoms with Crippen LogP contribution in [0.1, 0.15) is 42.4 Å². The van der Waals surface area contributed by atoms with Gasteiger partial charge in [0.2, 0.25) is 0 Å². The van der Waals surface area contributed by atoms with Crippen molar-refractivity contribution in [1.29, 1.82) is 0 Å². The number of H-pyrrole nitrogens is 1. The predicted molar refractivity (Wildman–Crippen MR) is 89.2 cm³/mol. The summed E-state index contributed by atoms with van der Waals surface area (Å²) in [5, 5.41) is 8.81. The molecule has 0 bridgehead atoms. The number of hydrogen-bond acceptors (Lipinski definition) is 4. The number of benzene rings is 1.